The van der Waals surface area contributed by atoms with E-state index < -0.39 is 0 Å². The van der Waals surface area contributed by atoms with Crippen molar-refractivity contribution in [2.45, 2.75) is 50.7 Å². The average Bonchev–Trinajstić information content (AvgIpc) is 2.69. The van der Waals surface area contributed by atoms with Gasteiger partial charge in [-0.3, -0.25) is 0 Å². The molecule has 0 aromatic heterocycles. The molecule has 1 aliphatic carbocycles. The van der Waals surface area contributed by atoms with Gasteiger partial charge in [-0.25, -0.2) is 0 Å². The fourth-order valence-corrected chi connectivity index (χ4v) is 2.53. The van der Waals surface area contributed by atoms with E-state index in [-0.39, 0.29) is 0 Å². The van der Waals surface area contributed by atoms with Gasteiger partial charge in [0.15, 0.2) is 0 Å². The molecule has 0 bridgehead atoms. The van der Waals surface area contributed by atoms with Crippen LogP contribution in [0.4, 0.5) is 0 Å². The predicted molar refractivity (Wildman–Crippen MR) is 54.9 cm³/mol. The van der Waals surface area contributed by atoms with E-state index in [1.54, 1.807) is 0 Å². The standard InChI is InChI=1S/C11H21NO2/c12-11-4-2-1-3-9(11)5-6-10-7-13-8-14-10/h9-11H,1-8,12H2. The Morgan fingerprint density at radius 1 is 1.14 bits per heavy atom. The van der Waals surface area contributed by atoms with Gasteiger partial charge in [-0.15, -0.1) is 0 Å². The van der Waals surface area contributed by atoms with Crippen LogP contribution in [-0.4, -0.2) is 25.5 Å². The van der Waals surface area contributed by atoms with Crippen LogP contribution in [0.15, 0.2) is 0 Å². The van der Waals surface area contributed by atoms with Gasteiger partial charge in [0.2, 0.25) is 0 Å². The molecule has 0 spiro atoms. The number of nitrogens with two attached hydrogens (primary N) is 1. The van der Waals surface area contributed by atoms with Gasteiger partial charge in [-0.2, -0.15) is 0 Å². The molecular formula is C11H21NO2. The molecule has 3 heteroatoms. The Balaban J connectivity index is 1.67. The second-order valence-corrected chi connectivity index (χ2v) is 4.56. The lowest BCUT2D eigenvalue weighted by atomic mass is 9.82. The number of ether oxygens (including phenoxy) is 2. The van der Waals surface area contributed by atoms with Crippen molar-refractivity contribution in [2.24, 2.45) is 11.7 Å². The molecule has 2 rings (SSSR count). The van der Waals surface area contributed by atoms with Gasteiger partial charge in [0, 0.05) is 6.04 Å². The van der Waals surface area contributed by atoms with Gasteiger partial charge in [0.05, 0.1) is 12.7 Å². The molecular weight excluding hydrogens is 178 g/mol. The molecule has 2 fully saturated rings. The van der Waals surface area contributed by atoms with Gasteiger partial charge < -0.3 is 15.2 Å². The topological polar surface area (TPSA) is 44.5 Å². The molecule has 3 unspecified atom stereocenters. The maximum atomic E-state index is 6.09. The molecule has 0 radical (unpaired) electrons. The lowest BCUT2D eigenvalue weighted by Crippen LogP contribution is -2.33. The highest BCUT2D eigenvalue weighted by Crippen LogP contribution is 2.27. The number of hydrogen-bond donors (Lipinski definition) is 1. The molecule has 14 heavy (non-hydrogen) atoms. The molecule has 82 valence electrons. The minimum atomic E-state index is 0.337. The largest absolute Gasteiger partial charge is 0.353 e. The Morgan fingerprint density at radius 2 is 2.00 bits per heavy atom. The lowest BCUT2D eigenvalue weighted by molar-refractivity contribution is 0.0420. The van der Waals surface area contributed by atoms with Gasteiger partial charge in [0.25, 0.3) is 0 Å². The van der Waals surface area contributed by atoms with Crippen LogP contribution in [-0.2, 0) is 9.47 Å². The lowest BCUT2D eigenvalue weighted by Gasteiger charge is -2.29. The summed E-state index contributed by atoms with van der Waals surface area (Å²) in [5.74, 6) is 0.730. The smallest absolute Gasteiger partial charge is 0.147 e. The van der Waals surface area contributed by atoms with E-state index in [4.69, 9.17) is 15.2 Å². The Morgan fingerprint density at radius 3 is 2.71 bits per heavy atom. The Labute approximate surface area is 85.9 Å². The first-order valence-electron chi connectivity index (χ1n) is 5.81. The second kappa shape index (κ2) is 5.10. The zero-order chi connectivity index (χ0) is 9.80. The van der Waals surface area contributed by atoms with Gasteiger partial charge in [-0.05, 0) is 31.6 Å². The van der Waals surface area contributed by atoms with E-state index in [2.05, 4.69) is 0 Å². The molecule has 3 nitrogen and oxygen atoms in total. The summed E-state index contributed by atoms with van der Waals surface area (Å²) in [7, 11) is 0. The normalized spacial score (nSPS) is 38.8. The van der Waals surface area contributed by atoms with Crippen LogP contribution in [0.3, 0.4) is 0 Å². The summed E-state index contributed by atoms with van der Waals surface area (Å²) in [6.45, 7) is 1.27. The van der Waals surface area contributed by atoms with Crippen molar-refractivity contribution < 1.29 is 9.47 Å². The predicted octanol–water partition coefficient (Wildman–Crippen LogP) is 1.66. The first-order chi connectivity index (χ1) is 6.86. The summed E-state index contributed by atoms with van der Waals surface area (Å²) in [4.78, 5) is 0. The van der Waals surface area contributed by atoms with E-state index in [0.717, 1.165) is 18.9 Å². The van der Waals surface area contributed by atoms with Crippen molar-refractivity contribution >= 4 is 0 Å². The van der Waals surface area contributed by atoms with Crippen molar-refractivity contribution in [1.29, 1.82) is 0 Å². The van der Waals surface area contributed by atoms with Crippen LogP contribution in [0, 0.1) is 5.92 Å². The highest BCUT2D eigenvalue weighted by Gasteiger charge is 2.24. The third-order valence-corrected chi connectivity index (χ3v) is 3.52. The molecule has 1 saturated carbocycles. The monoisotopic (exact) mass is 199 g/mol. The van der Waals surface area contributed by atoms with Crippen molar-refractivity contribution in [3.8, 4) is 0 Å². The second-order valence-electron chi connectivity index (χ2n) is 4.56. The summed E-state index contributed by atoms with van der Waals surface area (Å²) in [5.41, 5.74) is 6.09. The zero-order valence-corrected chi connectivity index (χ0v) is 8.78. The summed E-state index contributed by atoms with van der Waals surface area (Å²) in [6.07, 6.45) is 7.89. The van der Waals surface area contributed by atoms with E-state index in [9.17, 15) is 0 Å². The SMILES string of the molecule is NC1CCCCC1CCC1COCO1. The summed E-state index contributed by atoms with van der Waals surface area (Å²) in [6, 6.07) is 0.436. The third-order valence-electron chi connectivity index (χ3n) is 3.52. The highest BCUT2D eigenvalue weighted by atomic mass is 16.7. The van der Waals surface area contributed by atoms with Crippen LogP contribution in [0.2, 0.25) is 0 Å². The van der Waals surface area contributed by atoms with Crippen LogP contribution < -0.4 is 5.73 Å². The number of rotatable bonds is 3. The summed E-state index contributed by atoms with van der Waals surface area (Å²) >= 11 is 0. The Kier molecular flexibility index (Phi) is 3.79. The molecule has 0 aromatic carbocycles. The van der Waals surface area contributed by atoms with Gasteiger partial charge >= 0.3 is 0 Å². The zero-order valence-electron chi connectivity index (χ0n) is 8.78. The van der Waals surface area contributed by atoms with Crippen molar-refractivity contribution in [1.82, 2.24) is 0 Å². The van der Waals surface area contributed by atoms with Crippen LogP contribution in [0.1, 0.15) is 38.5 Å². The Hall–Kier alpha value is -0.120. The van der Waals surface area contributed by atoms with Gasteiger partial charge in [-0.1, -0.05) is 12.8 Å². The van der Waals surface area contributed by atoms with Crippen LogP contribution >= 0.6 is 0 Å². The highest BCUT2D eigenvalue weighted by molar-refractivity contribution is 4.79. The molecule has 1 saturated heterocycles. The first-order valence-corrected chi connectivity index (χ1v) is 5.81. The Bertz CT molecular complexity index is 169. The fraction of sp³-hybridized carbons (Fsp3) is 1.00. The minimum absolute atomic E-state index is 0.337. The van der Waals surface area contributed by atoms with E-state index in [1.165, 1.54) is 32.1 Å². The van der Waals surface area contributed by atoms with Crippen LogP contribution in [0.25, 0.3) is 0 Å². The molecule has 1 aliphatic heterocycles. The van der Waals surface area contributed by atoms with Crippen molar-refractivity contribution in [3.63, 3.8) is 0 Å². The molecule has 1 heterocycles. The molecule has 2 aliphatic rings. The number of hydrogen-bond acceptors (Lipinski definition) is 3. The quantitative estimate of drug-likeness (QED) is 0.751. The minimum Gasteiger partial charge on any atom is -0.353 e. The fourth-order valence-electron chi connectivity index (χ4n) is 2.53. The first kappa shape index (κ1) is 10.4. The van der Waals surface area contributed by atoms with Crippen molar-refractivity contribution in [2.75, 3.05) is 13.4 Å². The van der Waals surface area contributed by atoms with Crippen molar-refractivity contribution in [3.05, 3.63) is 0 Å². The van der Waals surface area contributed by atoms with Gasteiger partial charge in [0.1, 0.15) is 6.79 Å². The van der Waals surface area contributed by atoms with E-state index in [1.807, 2.05) is 0 Å². The molecule has 2 N–H and O–H groups in total. The summed E-state index contributed by atoms with van der Waals surface area (Å²) in [5, 5.41) is 0. The summed E-state index contributed by atoms with van der Waals surface area (Å²) < 4.78 is 10.6. The third kappa shape index (κ3) is 2.69. The van der Waals surface area contributed by atoms with E-state index in [0.29, 0.717) is 18.9 Å². The maximum Gasteiger partial charge on any atom is 0.147 e. The van der Waals surface area contributed by atoms with Crippen LogP contribution in [0.5, 0.6) is 0 Å². The maximum absolute atomic E-state index is 6.09. The molecule has 0 aromatic rings. The average molecular weight is 199 g/mol. The molecule has 0 amide bonds. The van der Waals surface area contributed by atoms with E-state index >= 15 is 0 Å². The molecule has 3 atom stereocenters.